The third-order valence-electron chi connectivity index (χ3n) is 6.74. The van der Waals surface area contributed by atoms with Crippen molar-refractivity contribution in [1.82, 2.24) is 20.0 Å². The Balaban J connectivity index is 1.37. The van der Waals surface area contributed by atoms with Gasteiger partial charge in [-0.05, 0) is 51.9 Å². The Bertz CT molecular complexity index is 910. The fourth-order valence-corrected chi connectivity index (χ4v) is 4.97. The summed E-state index contributed by atoms with van der Waals surface area (Å²) < 4.78 is 11.2. The summed E-state index contributed by atoms with van der Waals surface area (Å²) in [7, 11) is 0. The van der Waals surface area contributed by atoms with Crippen LogP contribution in [-0.4, -0.2) is 64.8 Å². The first-order chi connectivity index (χ1) is 15.2. The fourth-order valence-electron chi connectivity index (χ4n) is 4.97. The maximum atomic E-state index is 12.7. The Labute approximate surface area is 183 Å². The van der Waals surface area contributed by atoms with Crippen LogP contribution in [0.3, 0.4) is 0 Å². The largest absolute Gasteiger partial charge is 0.368 e. The first-order valence-electron chi connectivity index (χ1n) is 11.6. The molecule has 5 rings (SSSR count). The average molecular weight is 426 g/mol. The molecular formula is C23H31N5O3. The number of nitrogens with zero attached hydrogens (tertiary/aromatic N) is 5. The molecule has 8 heteroatoms. The molecule has 0 radical (unpaired) electrons. The second-order valence-electron chi connectivity index (χ2n) is 8.95. The summed E-state index contributed by atoms with van der Waals surface area (Å²) in [5, 5.41) is 4.06. The summed E-state index contributed by atoms with van der Waals surface area (Å²) in [5.74, 6) is 1.95. The standard InChI is InChI=1S/C23H31N5O3/c1-16-14-20(31-26-16)18-15-24-23(28-9-3-2-4-10-28)25-21(18)17-7-11-27(12-8-17)22(29)19-6-5-13-30-19/h14-15,17,19H,2-13H2,1H3/t19-/m1/s1. The van der Waals surface area contributed by atoms with Gasteiger partial charge in [0.25, 0.3) is 5.91 Å². The molecule has 3 saturated heterocycles. The van der Waals surface area contributed by atoms with E-state index in [-0.39, 0.29) is 17.9 Å². The van der Waals surface area contributed by atoms with Crippen LogP contribution in [0.25, 0.3) is 11.3 Å². The van der Waals surface area contributed by atoms with Gasteiger partial charge in [0.2, 0.25) is 5.95 Å². The molecule has 166 valence electrons. The fraction of sp³-hybridized carbons (Fsp3) is 0.652. The predicted octanol–water partition coefficient (Wildman–Crippen LogP) is 3.32. The summed E-state index contributed by atoms with van der Waals surface area (Å²) in [6.45, 7) is 6.11. The van der Waals surface area contributed by atoms with E-state index in [9.17, 15) is 4.79 Å². The number of hydrogen-bond donors (Lipinski definition) is 0. The molecule has 0 unspecified atom stereocenters. The Morgan fingerprint density at radius 1 is 1.06 bits per heavy atom. The van der Waals surface area contributed by atoms with E-state index in [4.69, 9.17) is 14.2 Å². The van der Waals surface area contributed by atoms with Crippen LogP contribution in [0, 0.1) is 6.92 Å². The van der Waals surface area contributed by atoms with Crippen molar-refractivity contribution in [1.29, 1.82) is 0 Å². The number of aromatic nitrogens is 3. The highest BCUT2D eigenvalue weighted by atomic mass is 16.5. The van der Waals surface area contributed by atoms with Crippen molar-refractivity contribution in [2.75, 3.05) is 37.7 Å². The van der Waals surface area contributed by atoms with E-state index in [1.165, 1.54) is 19.3 Å². The quantitative estimate of drug-likeness (QED) is 0.743. The molecule has 0 bridgehead atoms. The van der Waals surface area contributed by atoms with Gasteiger partial charge in [0.05, 0.1) is 17.0 Å². The molecule has 2 aromatic heterocycles. The first-order valence-corrected chi connectivity index (χ1v) is 11.6. The molecule has 0 N–H and O–H groups in total. The third-order valence-corrected chi connectivity index (χ3v) is 6.74. The second-order valence-corrected chi connectivity index (χ2v) is 8.95. The third kappa shape index (κ3) is 4.31. The minimum atomic E-state index is -0.242. The van der Waals surface area contributed by atoms with Crippen LogP contribution in [0.5, 0.6) is 0 Å². The van der Waals surface area contributed by atoms with E-state index in [1.54, 1.807) is 0 Å². The monoisotopic (exact) mass is 425 g/mol. The highest BCUT2D eigenvalue weighted by Crippen LogP contribution is 2.35. The lowest BCUT2D eigenvalue weighted by atomic mass is 9.90. The first kappa shape index (κ1) is 20.4. The topological polar surface area (TPSA) is 84.6 Å². The van der Waals surface area contributed by atoms with Crippen molar-refractivity contribution in [3.63, 3.8) is 0 Å². The highest BCUT2D eigenvalue weighted by Gasteiger charge is 2.33. The summed E-state index contributed by atoms with van der Waals surface area (Å²) in [4.78, 5) is 26.7. The van der Waals surface area contributed by atoms with E-state index in [2.05, 4.69) is 15.0 Å². The van der Waals surface area contributed by atoms with Gasteiger partial charge < -0.3 is 19.1 Å². The minimum absolute atomic E-state index is 0.152. The molecule has 0 aliphatic carbocycles. The number of amides is 1. The van der Waals surface area contributed by atoms with Gasteiger partial charge in [0, 0.05) is 51.0 Å². The summed E-state index contributed by atoms with van der Waals surface area (Å²) in [5.41, 5.74) is 2.79. The lowest BCUT2D eigenvalue weighted by Crippen LogP contribution is -2.43. The van der Waals surface area contributed by atoms with Crippen LogP contribution in [0.4, 0.5) is 5.95 Å². The molecule has 1 amide bonds. The van der Waals surface area contributed by atoms with Crippen molar-refractivity contribution >= 4 is 11.9 Å². The molecule has 0 aromatic carbocycles. The summed E-state index contributed by atoms with van der Waals surface area (Å²) in [6.07, 6.45) is 8.90. The molecule has 31 heavy (non-hydrogen) atoms. The van der Waals surface area contributed by atoms with Crippen LogP contribution in [0.15, 0.2) is 16.8 Å². The van der Waals surface area contributed by atoms with Crippen LogP contribution >= 0.6 is 0 Å². The van der Waals surface area contributed by atoms with Crippen molar-refractivity contribution in [3.8, 4) is 11.3 Å². The van der Waals surface area contributed by atoms with Gasteiger partial charge in [0.1, 0.15) is 6.10 Å². The van der Waals surface area contributed by atoms with E-state index in [0.717, 1.165) is 80.5 Å². The van der Waals surface area contributed by atoms with Crippen LogP contribution in [0.1, 0.15) is 62.3 Å². The van der Waals surface area contributed by atoms with Crippen molar-refractivity contribution in [2.24, 2.45) is 0 Å². The smallest absolute Gasteiger partial charge is 0.251 e. The Morgan fingerprint density at radius 3 is 2.55 bits per heavy atom. The van der Waals surface area contributed by atoms with Crippen LogP contribution in [-0.2, 0) is 9.53 Å². The Hall–Kier alpha value is -2.48. The lowest BCUT2D eigenvalue weighted by Gasteiger charge is -2.34. The maximum Gasteiger partial charge on any atom is 0.251 e. The van der Waals surface area contributed by atoms with Gasteiger partial charge in [-0.2, -0.15) is 0 Å². The zero-order chi connectivity index (χ0) is 21.2. The van der Waals surface area contributed by atoms with E-state index in [1.807, 2.05) is 24.1 Å². The van der Waals surface area contributed by atoms with E-state index in [0.29, 0.717) is 6.61 Å². The van der Waals surface area contributed by atoms with Gasteiger partial charge >= 0.3 is 0 Å². The normalized spacial score (nSPS) is 22.8. The van der Waals surface area contributed by atoms with Gasteiger partial charge in [-0.25, -0.2) is 9.97 Å². The average Bonchev–Trinajstić information content (AvgIpc) is 3.51. The molecule has 1 atom stereocenters. The molecule has 0 spiro atoms. The summed E-state index contributed by atoms with van der Waals surface area (Å²) >= 11 is 0. The van der Waals surface area contributed by atoms with Gasteiger partial charge in [-0.3, -0.25) is 4.79 Å². The number of anilines is 1. The number of piperidine rings is 2. The van der Waals surface area contributed by atoms with Crippen molar-refractivity contribution < 1.29 is 14.1 Å². The summed E-state index contributed by atoms with van der Waals surface area (Å²) in [6, 6.07) is 1.94. The van der Waals surface area contributed by atoms with E-state index >= 15 is 0 Å². The van der Waals surface area contributed by atoms with Crippen LogP contribution in [0.2, 0.25) is 0 Å². The molecular weight excluding hydrogens is 394 g/mol. The SMILES string of the molecule is Cc1cc(-c2cnc(N3CCCCC3)nc2C2CCN(C(=O)[C@H]3CCCO3)CC2)on1. The van der Waals surface area contributed by atoms with Crippen LogP contribution < -0.4 is 4.90 Å². The number of rotatable bonds is 4. The second kappa shape index (κ2) is 8.94. The Morgan fingerprint density at radius 2 is 1.87 bits per heavy atom. The van der Waals surface area contributed by atoms with E-state index < -0.39 is 0 Å². The number of carbonyl (C=O) groups excluding carboxylic acids is 1. The Kier molecular flexibility index (Phi) is 5.89. The number of carbonyl (C=O) groups is 1. The number of hydrogen-bond acceptors (Lipinski definition) is 7. The molecule has 3 aliphatic heterocycles. The highest BCUT2D eigenvalue weighted by molar-refractivity contribution is 5.81. The molecule has 0 saturated carbocycles. The number of ether oxygens (including phenoxy) is 1. The molecule has 3 fully saturated rings. The van der Waals surface area contributed by atoms with Crippen molar-refractivity contribution in [2.45, 2.75) is 63.9 Å². The molecule has 5 heterocycles. The molecule has 8 nitrogen and oxygen atoms in total. The molecule has 3 aliphatic rings. The maximum absolute atomic E-state index is 12.7. The minimum Gasteiger partial charge on any atom is -0.368 e. The zero-order valence-electron chi connectivity index (χ0n) is 18.3. The number of aryl methyl sites for hydroxylation is 1. The van der Waals surface area contributed by atoms with Gasteiger partial charge in [0.15, 0.2) is 5.76 Å². The van der Waals surface area contributed by atoms with Gasteiger partial charge in [-0.1, -0.05) is 5.16 Å². The number of likely N-dealkylation sites (tertiary alicyclic amines) is 1. The van der Waals surface area contributed by atoms with Crippen molar-refractivity contribution in [3.05, 3.63) is 23.7 Å². The zero-order valence-corrected chi connectivity index (χ0v) is 18.3. The molecule has 2 aromatic rings. The predicted molar refractivity (Wildman–Crippen MR) is 116 cm³/mol. The van der Waals surface area contributed by atoms with Gasteiger partial charge in [-0.15, -0.1) is 0 Å². The lowest BCUT2D eigenvalue weighted by molar-refractivity contribution is -0.142.